The van der Waals surface area contributed by atoms with Crippen LogP contribution in [0.25, 0.3) is 0 Å². The second-order valence-corrected chi connectivity index (χ2v) is 6.58. The molecule has 0 bridgehead atoms. The molecule has 148 valence electrons. The molecule has 0 aliphatic carbocycles. The highest BCUT2D eigenvalue weighted by atomic mass is 35.5. The molecule has 1 amide bonds. The molecule has 0 radical (unpaired) electrons. The minimum atomic E-state index is -2.79. The summed E-state index contributed by atoms with van der Waals surface area (Å²) in [7, 11) is 0. The maximum Gasteiger partial charge on any atom is 0.262 e. The predicted octanol–water partition coefficient (Wildman–Crippen LogP) is 2.70. The standard InChI is InChI=1S/C17H22F3N3O.2ClH/c18-14-4-2-13(3-5-14)11-22-6-1-7-23(9-8-22)16(24)15-10-17(19,20)12-21-15;;/h2-5,15,21H,1,6-12H2;2*1H. The Bertz CT molecular complexity index is 589. The van der Waals surface area contributed by atoms with Crippen molar-refractivity contribution in [2.75, 3.05) is 32.7 Å². The molecule has 2 heterocycles. The van der Waals surface area contributed by atoms with Crippen LogP contribution in [0.15, 0.2) is 24.3 Å². The number of rotatable bonds is 3. The highest BCUT2D eigenvalue weighted by molar-refractivity contribution is 5.85. The van der Waals surface area contributed by atoms with Gasteiger partial charge in [-0.15, -0.1) is 24.8 Å². The lowest BCUT2D eigenvalue weighted by molar-refractivity contribution is -0.133. The highest BCUT2D eigenvalue weighted by Gasteiger charge is 2.43. The number of halogens is 5. The zero-order valence-corrected chi connectivity index (χ0v) is 15.9. The van der Waals surface area contributed by atoms with E-state index in [4.69, 9.17) is 0 Å². The third kappa shape index (κ3) is 6.01. The number of amides is 1. The Morgan fingerprint density at radius 3 is 2.42 bits per heavy atom. The van der Waals surface area contributed by atoms with Crippen molar-refractivity contribution in [2.24, 2.45) is 0 Å². The minimum absolute atomic E-state index is 0. The van der Waals surface area contributed by atoms with Crippen LogP contribution in [-0.2, 0) is 11.3 Å². The smallest absolute Gasteiger partial charge is 0.262 e. The Balaban J connectivity index is 0.00000169. The fraction of sp³-hybridized carbons (Fsp3) is 0.588. The van der Waals surface area contributed by atoms with Crippen molar-refractivity contribution >= 4 is 30.7 Å². The van der Waals surface area contributed by atoms with Crippen molar-refractivity contribution in [1.29, 1.82) is 0 Å². The molecular weight excluding hydrogens is 390 g/mol. The Morgan fingerprint density at radius 2 is 1.81 bits per heavy atom. The SMILES string of the molecule is Cl.Cl.O=C(C1CC(F)(F)CN1)N1CCCN(Cc2ccc(F)cc2)CC1. The number of hydrogen-bond donors (Lipinski definition) is 1. The molecule has 0 spiro atoms. The number of benzene rings is 1. The van der Waals surface area contributed by atoms with E-state index in [1.807, 2.05) is 0 Å². The molecule has 1 aromatic rings. The maximum atomic E-state index is 13.3. The van der Waals surface area contributed by atoms with Gasteiger partial charge in [0.25, 0.3) is 5.92 Å². The number of carbonyl (C=O) groups is 1. The number of alkyl halides is 2. The first-order chi connectivity index (χ1) is 11.4. The van der Waals surface area contributed by atoms with Crippen molar-refractivity contribution in [2.45, 2.75) is 31.4 Å². The fourth-order valence-corrected chi connectivity index (χ4v) is 3.31. The molecule has 3 rings (SSSR count). The molecule has 0 aromatic heterocycles. The van der Waals surface area contributed by atoms with Gasteiger partial charge in [0.15, 0.2) is 0 Å². The second-order valence-electron chi connectivity index (χ2n) is 6.58. The van der Waals surface area contributed by atoms with Gasteiger partial charge in [-0.05, 0) is 24.1 Å². The molecule has 26 heavy (non-hydrogen) atoms. The fourth-order valence-electron chi connectivity index (χ4n) is 3.31. The van der Waals surface area contributed by atoms with Gasteiger partial charge >= 0.3 is 0 Å². The molecule has 1 unspecified atom stereocenters. The van der Waals surface area contributed by atoms with Crippen molar-refractivity contribution < 1.29 is 18.0 Å². The lowest BCUT2D eigenvalue weighted by Crippen LogP contribution is -2.45. The molecule has 2 fully saturated rings. The van der Waals surface area contributed by atoms with E-state index in [-0.39, 0.29) is 36.5 Å². The number of nitrogens with zero attached hydrogens (tertiary/aromatic N) is 2. The van der Waals surface area contributed by atoms with E-state index in [1.165, 1.54) is 12.1 Å². The molecule has 4 nitrogen and oxygen atoms in total. The summed E-state index contributed by atoms with van der Waals surface area (Å²) in [4.78, 5) is 16.3. The zero-order chi connectivity index (χ0) is 17.2. The normalized spacial score (nSPS) is 22.9. The monoisotopic (exact) mass is 413 g/mol. The zero-order valence-electron chi connectivity index (χ0n) is 14.3. The van der Waals surface area contributed by atoms with Crippen molar-refractivity contribution in [3.63, 3.8) is 0 Å². The summed E-state index contributed by atoms with van der Waals surface area (Å²) in [6.07, 6.45) is 0.387. The summed E-state index contributed by atoms with van der Waals surface area (Å²) in [6.45, 7) is 2.91. The average Bonchev–Trinajstić information content (AvgIpc) is 2.77. The molecule has 1 N–H and O–H groups in total. The van der Waals surface area contributed by atoms with Crippen LogP contribution in [0.3, 0.4) is 0 Å². The van der Waals surface area contributed by atoms with Crippen LogP contribution in [0.4, 0.5) is 13.2 Å². The minimum Gasteiger partial charge on any atom is -0.340 e. The number of hydrogen-bond acceptors (Lipinski definition) is 3. The Kier molecular flexibility index (Phi) is 8.66. The summed E-state index contributed by atoms with van der Waals surface area (Å²) in [5, 5.41) is 2.63. The Labute approximate surface area is 163 Å². The maximum absolute atomic E-state index is 13.3. The van der Waals surface area contributed by atoms with Crippen LogP contribution in [0.1, 0.15) is 18.4 Å². The lowest BCUT2D eigenvalue weighted by Gasteiger charge is -2.24. The van der Waals surface area contributed by atoms with Gasteiger partial charge in [-0.25, -0.2) is 13.2 Å². The van der Waals surface area contributed by atoms with Gasteiger partial charge in [-0.1, -0.05) is 12.1 Å². The summed E-state index contributed by atoms with van der Waals surface area (Å²) in [5.74, 6) is -3.27. The molecule has 9 heteroatoms. The first kappa shape index (κ1) is 23.0. The van der Waals surface area contributed by atoms with Gasteiger partial charge in [-0.3, -0.25) is 15.0 Å². The van der Waals surface area contributed by atoms with Crippen molar-refractivity contribution in [3.8, 4) is 0 Å². The molecule has 1 atom stereocenters. The predicted molar refractivity (Wildman–Crippen MR) is 98.7 cm³/mol. The average molecular weight is 414 g/mol. The first-order valence-corrected chi connectivity index (χ1v) is 8.30. The summed E-state index contributed by atoms with van der Waals surface area (Å²) in [6, 6.07) is 5.62. The molecule has 0 saturated carbocycles. The van der Waals surface area contributed by atoms with E-state index in [0.717, 1.165) is 18.5 Å². The van der Waals surface area contributed by atoms with Gasteiger partial charge < -0.3 is 4.90 Å². The van der Waals surface area contributed by atoms with Crippen LogP contribution in [0.2, 0.25) is 0 Å². The summed E-state index contributed by atoms with van der Waals surface area (Å²) >= 11 is 0. The second kappa shape index (κ2) is 9.78. The summed E-state index contributed by atoms with van der Waals surface area (Å²) < 4.78 is 39.5. The van der Waals surface area contributed by atoms with E-state index >= 15 is 0 Å². The van der Waals surface area contributed by atoms with Crippen LogP contribution in [-0.4, -0.2) is 60.4 Å². The molecule has 1 aromatic carbocycles. The van der Waals surface area contributed by atoms with Crippen molar-refractivity contribution in [1.82, 2.24) is 15.1 Å². The quantitative estimate of drug-likeness (QED) is 0.827. The topological polar surface area (TPSA) is 35.6 Å². The molecular formula is C17H24Cl2F3N3O. The van der Waals surface area contributed by atoms with Gasteiger partial charge in [0, 0.05) is 39.1 Å². The molecule has 2 aliphatic rings. The number of carbonyl (C=O) groups excluding carboxylic acids is 1. The third-order valence-electron chi connectivity index (χ3n) is 4.63. The van der Waals surface area contributed by atoms with Crippen LogP contribution in [0.5, 0.6) is 0 Å². The van der Waals surface area contributed by atoms with Crippen molar-refractivity contribution in [3.05, 3.63) is 35.6 Å². The molecule has 2 aliphatic heterocycles. The Morgan fingerprint density at radius 1 is 1.12 bits per heavy atom. The van der Waals surface area contributed by atoms with E-state index in [9.17, 15) is 18.0 Å². The van der Waals surface area contributed by atoms with E-state index in [0.29, 0.717) is 26.2 Å². The van der Waals surface area contributed by atoms with Gasteiger partial charge in [0.05, 0.1) is 12.6 Å². The number of nitrogens with one attached hydrogen (secondary N) is 1. The third-order valence-corrected chi connectivity index (χ3v) is 4.63. The van der Waals surface area contributed by atoms with Crippen LogP contribution >= 0.6 is 24.8 Å². The van der Waals surface area contributed by atoms with Gasteiger partial charge in [0.1, 0.15) is 5.82 Å². The molecule has 2 saturated heterocycles. The van der Waals surface area contributed by atoms with E-state index < -0.39 is 24.9 Å². The lowest BCUT2D eigenvalue weighted by atomic mass is 10.1. The van der Waals surface area contributed by atoms with Gasteiger partial charge in [-0.2, -0.15) is 0 Å². The van der Waals surface area contributed by atoms with Crippen LogP contribution < -0.4 is 5.32 Å². The highest BCUT2D eigenvalue weighted by Crippen LogP contribution is 2.26. The van der Waals surface area contributed by atoms with Gasteiger partial charge in [0.2, 0.25) is 5.91 Å². The Hall–Kier alpha value is -1.02. The van der Waals surface area contributed by atoms with E-state index in [1.54, 1.807) is 17.0 Å². The first-order valence-electron chi connectivity index (χ1n) is 8.30. The largest absolute Gasteiger partial charge is 0.340 e. The van der Waals surface area contributed by atoms with Crippen LogP contribution in [0, 0.1) is 5.82 Å². The van der Waals surface area contributed by atoms with E-state index in [2.05, 4.69) is 10.2 Å². The summed E-state index contributed by atoms with van der Waals surface area (Å²) in [5.41, 5.74) is 1.02.